The number of nitrogen functional groups attached to an aromatic ring is 2. The van der Waals surface area contributed by atoms with Crippen LogP contribution in [0, 0.1) is 0 Å². The van der Waals surface area contributed by atoms with Gasteiger partial charge in [-0.15, -0.1) is 17.5 Å². The van der Waals surface area contributed by atoms with Crippen molar-refractivity contribution in [2.24, 2.45) is 10.2 Å². The Kier molecular flexibility index (Phi) is 11.4. The summed E-state index contributed by atoms with van der Waals surface area (Å²) in [4.78, 5) is 3.89. The van der Waals surface area contributed by atoms with E-state index < -0.39 is 0 Å². The second-order valence-electron chi connectivity index (χ2n) is 4.22. The van der Waals surface area contributed by atoms with Gasteiger partial charge in [-0.25, -0.2) is 4.98 Å². The predicted octanol–water partition coefficient (Wildman–Crippen LogP) is 5.30. The molecule has 22 heavy (non-hydrogen) atoms. The third-order valence-electron chi connectivity index (χ3n) is 2.44. The second kappa shape index (κ2) is 12.2. The first kappa shape index (κ1) is 20.6. The summed E-state index contributed by atoms with van der Waals surface area (Å²) in [6.07, 6.45) is 2.71. The number of nitrogens with zero attached hydrogens (tertiary/aromatic N) is 3. The van der Waals surface area contributed by atoms with Crippen molar-refractivity contribution in [3.63, 3.8) is 0 Å². The smallest absolute Gasteiger partial charge is 0.153 e. The van der Waals surface area contributed by atoms with Crippen molar-refractivity contribution in [2.45, 2.75) is 19.8 Å². The lowest BCUT2D eigenvalue weighted by molar-refractivity contribution is 0.907. The molecule has 7 heteroatoms. The average Bonchev–Trinajstić information content (AvgIpc) is 2.49. The first-order valence-electron chi connectivity index (χ1n) is 6.72. The van der Waals surface area contributed by atoms with Crippen molar-refractivity contribution < 1.29 is 0 Å². The first-order valence-corrected chi connectivity index (χ1v) is 8.24. The molecule has 4 N–H and O–H groups in total. The molecule has 1 heterocycles. The molecule has 0 bridgehead atoms. The third-order valence-corrected chi connectivity index (χ3v) is 3.20. The lowest BCUT2D eigenvalue weighted by atomic mass is 10.3. The molecule has 0 atom stereocenters. The zero-order valence-electron chi connectivity index (χ0n) is 12.4. The van der Waals surface area contributed by atoms with Gasteiger partial charge >= 0.3 is 0 Å². The normalized spacial score (nSPS) is 9.73. The van der Waals surface area contributed by atoms with E-state index in [0.717, 1.165) is 5.69 Å². The molecular formula is C15H21ClIN5. The Balaban J connectivity index is 0.000000644. The maximum absolute atomic E-state index is 5.64. The molecule has 0 aliphatic carbocycles. The number of pyridine rings is 1. The van der Waals surface area contributed by atoms with Crippen molar-refractivity contribution in [2.75, 3.05) is 15.9 Å². The van der Waals surface area contributed by atoms with Gasteiger partial charge in [0, 0.05) is 0 Å². The zero-order valence-corrected chi connectivity index (χ0v) is 15.4. The molecule has 1 aromatic heterocycles. The number of anilines is 2. The lowest BCUT2D eigenvalue weighted by Crippen LogP contribution is -1.95. The van der Waals surface area contributed by atoms with Gasteiger partial charge in [0.2, 0.25) is 0 Å². The van der Waals surface area contributed by atoms with E-state index in [0.29, 0.717) is 11.5 Å². The lowest BCUT2D eigenvalue weighted by Gasteiger charge is -1.98. The highest BCUT2D eigenvalue weighted by Gasteiger charge is 1.98. The number of aromatic nitrogens is 1. The molecule has 0 amide bonds. The van der Waals surface area contributed by atoms with Gasteiger partial charge in [-0.1, -0.05) is 54.1 Å². The Hall–Kier alpha value is -1.41. The first-order chi connectivity index (χ1) is 10.2. The van der Waals surface area contributed by atoms with Crippen molar-refractivity contribution in [1.82, 2.24) is 4.98 Å². The number of unbranched alkanes of at least 4 members (excludes halogenated alkanes) is 1. The van der Waals surface area contributed by atoms with Crippen LogP contribution >= 0.6 is 35.0 Å². The second-order valence-corrected chi connectivity index (χ2v) is 5.30. The summed E-state index contributed by atoms with van der Waals surface area (Å²) in [7, 11) is 0. The third kappa shape index (κ3) is 8.14. The molecule has 0 aliphatic rings. The van der Waals surface area contributed by atoms with Gasteiger partial charge < -0.3 is 11.5 Å². The van der Waals surface area contributed by atoms with E-state index in [9.17, 15) is 0 Å². The van der Waals surface area contributed by atoms with Crippen molar-refractivity contribution >= 4 is 58.0 Å². The van der Waals surface area contributed by atoms with Crippen LogP contribution in [0.1, 0.15) is 19.8 Å². The standard InChI is InChI=1S/C11H11N5.C4H9I.ClH/c12-10-7-6-9(11(13)14-10)16-15-8-4-2-1-3-5-8;1-2-3-4-5;/h1-7H,(H4,12,13,14);2-4H2,1H3;1H. The van der Waals surface area contributed by atoms with Gasteiger partial charge in [0.1, 0.15) is 11.5 Å². The van der Waals surface area contributed by atoms with Gasteiger partial charge in [0.25, 0.3) is 0 Å². The van der Waals surface area contributed by atoms with E-state index in [2.05, 4.69) is 44.7 Å². The number of benzene rings is 1. The summed E-state index contributed by atoms with van der Waals surface area (Å²) in [6, 6.07) is 12.7. The minimum Gasteiger partial charge on any atom is -0.384 e. The van der Waals surface area contributed by atoms with Gasteiger partial charge in [-0.3, -0.25) is 0 Å². The molecule has 0 spiro atoms. The van der Waals surface area contributed by atoms with Crippen LogP contribution in [-0.4, -0.2) is 9.41 Å². The number of hydrogen-bond donors (Lipinski definition) is 2. The van der Waals surface area contributed by atoms with Crippen molar-refractivity contribution in [3.05, 3.63) is 42.5 Å². The van der Waals surface area contributed by atoms with Crippen LogP contribution in [-0.2, 0) is 0 Å². The maximum atomic E-state index is 5.64. The minimum absolute atomic E-state index is 0. The van der Waals surface area contributed by atoms with E-state index >= 15 is 0 Å². The molecule has 2 rings (SSSR count). The highest BCUT2D eigenvalue weighted by Crippen LogP contribution is 2.23. The fraction of sp³-hybridized carbons (Fsp3) is 0.267. The van der Waals surface area contributed by atoms with Gasteiger partial charge in [-0.05, 0) is 35.1 Å². The maximum Gasteiger partial charge on any atom is 0.153 e. The van der Waals surface area contributed by atoms with E-state index in [-0.39, 0.29) is 18.2 Å². The number of rotatable bonds is 4. The monoisotopic (exact) mass is 433 g/mol. The number of nitrogens with two attached hydrogens (primary N) is 2. The molecule has 5 nitrogen and oxygen atoms in total. The van der Waals surface area contributed by atoms with Crippen molar-refractivity contribution in [1.29, 1.82) is 0 Å². The van der Waals surface area contributed by atoms with Crippen molar-refractivity contribution in [3.8, 4) is 0 Å². The Bertz CT molecular complexity index is 561. The molecule has 0 unspecified atom stereocenters. The Morgan fingerprint density at radius 1 is 1.05 bits per heavy atom. The van der Waals surface area contributed by atoms with Crippen LogP contribution in [0.25, 0.3) is 0 Å². The predicted molar refractivity (Wildman–Crippen MR) is 105 cm³/mol. The molecular weight excluding hydrogens is 413 g/mol. The molecule has 2 aromatic rings. The summed E-state index contributed by atoms with van der Waals surface area (Å²) in [5, 5.41) is 8.03. The Morgan fingerprint density at radius 3 is 2.23 bits per heavy atom. The van der Waals surface area contributed by atoms with E-state index in [1.54, 1.807) is 12.1 Å². The Labute approximate surface area is 151 Å². The SMILES string of the molecule is CCCCI.Cl.Nc1ccc(N=Nc2ccccc2)c(N)n1. The topological polar surface area (TPSA) is 89.6 Å². The molecule has 0 fully saturated rings. The van der Waals surface area contributed by atoms with Crippen LogP contribution in [0.15, 0.2) is 52.7 Å². The molecule has 0 saturated heterocycles. The van der Waals surface area contributed by atoms with Crippen LogP contribution in [0.5, 0.6) is 0 Å². The summed E-state index contributed by atoms with van der Waals surface area (Å²) in [5.74, 6) is 0.649. The van der Waals surface area contributed by atoms with Crippen LogP contribution in [0.4, 0.5) is 23.0 Å². The quantitative estimate of drug-likeness (QED) is 0.389. The summed E-state index contributed by atoms with van der Waals surface area (Å²) < 4.78 is 1.31. The van der Waals surface area contributed by atoms with Crippen LogP contribution < -0.4 is 11.5 Å². The fourth-order valence-electron chi connectivity index (χ4n) is 1.31. The highest BCUT2D eigenvalue weighted by atomic mass is 127. The molecule has 0 aliphatic heterocycles. The minimum atomic E-state index is 0. The summed E-state index contributed by atoms with van der Waals surface area (Å²) >= 11 is 2.39. The van der Waals surface area contributed by atoms with Gasteiger partial charge in [0.15, 0.2) is 5.82 Å². The summed E-state index contributed by atoms with van der Waals surface area (Å²) in [6.45, 7) is 2.21. The Morgan fingerprint density at radius 2 is 1.73 bits per heavy atom. The summed E-state index contributed by atoms with van der Waals surface area (Å²) in [5.41, 5.74) is 12.4. The van der Waals surface area contributed by atoms with E-state index in [1.807, 2.05) is 30.3 Å². The van der Waals surface area contributed by atoms with E-state index in [4.69, 9.17) is 11.5 Å². The van der Waals surface area contributed by atoms with Gasteiger partial charge in [-0.2, -0.15) is 5.11 Å². The zero-order chi connectivity index (χ0) is 15.5. The fourth-order valence-corrected chi connectivity index (χ4v) is 2.07. The molecule has 0 radical (unpaired) electrons. The number of halogens is 2. The molecule has 120 valence electrons. The number of hydrogen-bond acceptors (Lipinski definition) is 5. The molecule has 1 aromatic carbocycles. The average molecular weight is 434 g/mol. The van der Waals surface area contributed by atoms with Crippen LogP contribution in [0.2, 0.25) is 0 Å². The van der Waals surface area contributed by atoms with E-state index in [1.165, 1.54) is 17.3 Å². The molecule has 0 saturated carbocycles. The highest BCUT2D eigenvalue weighted by molar-refractivity contribution is 14.1. The number of azo groups is 1. The number of alkyl halides is 1. The van der Waals surface area contributed by atoms with Gasteiger partial charge in [0.05, 0.1) is 5.69 Å². The van der Waals surface area contributed by atoms with Crippen LogP contribution in [0.3, 0.4) is 0 Å². The largest absolute Gasteiger partial charge is 0.384 e.